The van der Waals surface area contributed by atoms with Crippen molar-refractivity contribution in [1.82, 2.24) is 0 Å². The van der Waals surface area contributed by atoms with Crippen molar-refractivity contribution in [2.24, 2.45) is 0 Å². The summed E-state index contributed by atoms with van der Waals surface area (Å²) in [5, 5.41) is 114. The number of aliphatic hydroxyl groups is 11. The van der Waals surface area contributed by atoms with Gasteiger partial charge in [0, 0.05) is 0 Å². The fourth-order valence-electron chi connectivity index (χ4n) is 4.55. The van der Waals surface area contributed by atoms with Crippen LogP contribution in [0.5, 0.6) is 0 Å². The van der Waals surface area contributed by atoms with Crippen LogP contribution in [0.3, 0.4) is 0 Å². The molecule has 0 aromatic rings. The summed E-state index contributed by atoms with van der Waals surface area (Å²) in [5.41, 5.74) is -5.88. The van der Waals surface area contributed by atoms with Gasteiger partial charge in [-0.1, -0.05) is 0 Å². The monoisotopic (exact) mass is 458 g/mol. The quantitative estimate of drug-likeness (QED) is 0.187. The molecule has 3 saturated heterocycles. The van der Waals surface area contributed by atoms with E-state index < -0.39 is 105 Å². The highest BCUT2D eigenvalue weighted by molar-refractivity contribution is 5.21. The second kappa shape index (κ2) is 9.00. The van der Waals surface area contributed by atoms with Crippen molar-refractivity contribution in [2.45, 2.75) is 78.3 Å². The van der Waals surface area contributed by atoms with Gasteiger partial charge in [0.2, 0.25) is 0 Å². The van der Waals surface area contributed by atoms with Crippen LogP contribution in [0.1, 0.15) is 0 Å². The molecule has 31 heavy (non-hydrogen) atoms. The largest absolute Gasteiger partial charge is 0.394 e. The van der Waals surface area contributed by atoms with Gasteiger partial charge < -0.3 is 70.4 Å². The Bertz CT molecular complexity index is 622. The van der Waals surface area contributed by atoms with Gasteiger partial charge in [0.25, 0.3) is 0 Å². The van der Waals surface area contributed by atoms with Crippen LogP contribution >= 0.6 is 0 Å². The standard InChI is InChI=1S/C17H30O14/c18-1-6-9(22)10(23)12(25)15(31-6)17(28)13(26)7(2-19)30-4-16(17,27)14-11(24)8(21)5(20)3-29-14/h5-15,18-28H,1-4H2/t5-,6+,7-,8+,9+,10-,11-,12+,13-,14?,15+,16-,17-/m1/s1. The average molecular weight is 458 g/mol. The van der Waals surface area contributed by atoms with E-state index in [9.17, 15) is 56.2 Å². The van der Waals surface area contributed by atoms with Crippen LogP contribution in [0.2, 0.25) is 0 Å². The molecule has 0 amide bonds. The fourth-order valence-corrected chi connectivity index (χ4v) is 4.55. The molecule has 13 atom stereocenters. The summed E-state index contributed by atoms with van der Waals surface area (Å²) >= 11 is 0. The fraction of sp³-hybridized carbons (Fsp3) is 1.00. The van der Waals surface area contributed by atoms with Crippen LogP contribution in [-0.4, -0.2) is 161 Å². The zero-order chi connectivity index (χ0) is 23.3. The predicted molar refractivity (Wildman–Crippen MR) is 94.3 cm³/mol. The van der Waals surface area contributed by atoms with Gasteiger partial charge in [-0.15, -0.1) is 0 Å². The Labute approximate surface area is 176 Å². The number of ether oxygens (including phenoxy) is 3. The lowest BCUT2D eigenvalue weighted by molar-refractivity contribution is -0.386. The van der Waals surface area contributed by atoms with Crippen molar-refractivity contribution in [1.29, 1.82) is 0 Å². The van der Waals surface area contributed by atoms with Crippen molar-refractivity contribution in [3.05, 3.63) is 0 Å². The molecule has 0 aromatic heterocycles. The zero-order valence-corrected chi connectivity index (χ0v) is 16.3. The molecule has 3 aliphatic heterocycles. The smallest absolute Gasteiger partial charge is 0.155 e. The first-order valence-corrected chi connectivity index (χ1v) is 9.77. The lowest BCUT2D eigenvalue weighted by Gasteiger charge is -2.60. The van der Waals surface area contributed by atoms with E-state index in [0.29, 0.717) is 0 Å². The van der Waals surface area contributed by atoms with Gasteiger partial charge in [0.15, 0.2) is 11.2 Å². The summed E-state index contributed by atoms with van der Waals surface area (Å²) in [6, 6.07) is 0. The summed E-state index contributed by atoms with van der Waals surface area (Å²) in [6.45, 7) is -3.23. The third kappa shape index (κ3) is 3.70. The van der Waals surface area contributed by atoms with E-state index in [1.54, 1.807) is 0 Å². The van der Waals surface area contributed by atoms with Gasteiger partial charge in [0.05, 0.1) is 26.4 Å². The van der Waals surface area contributed by atoms with Gasteiger partial charge >= 0.3 is 0 Å². The van der Waals surface area contributed by atoms with Gasteiger partial charge in [0.1, 0.15) is 67.1 Å². The predicted octanol–water partition coefficient (Wildman–Crippen LogP) is -7.48. The van der Waals surface area contributed by atoms with E-state index in [2.05, 4.69) is 0 Å². The third-order valence-corrected chi connectivity index (χ3v) is 6.49. The van der Waals surface area contributed by atoms with Gasteiger partial charge in [-0.3, -0.25) is 0 Å². The molecule has 11 N–H and O–H groups in total. The Morgan fingerprint density at radius 1 is 0.677 bits per heavy atom. The second-order valence-electron chi connectivity index (χ2n) is 8.28. The topological polar surface area (TPSA) is 250 Å². The average Bonchev–Trinajstić information content (AvgIpc) is 2.74. The first kappa shape index (κ1) is 25.1. The summed E-state index contributed by atoms with van der Waals surface area (Å²) in [5.74, 6) is 0. The van der Waals surface area contributed by atoms with Crippen molar-refractivity contribution in [3.8, 4) is 0 Å². The van der Waals surface area contributed by atoms with Crippen LogP contribution in [0.4, 0.5) is 0 Å². The number of rotatable bonds is 4. The molecule has 3 fully saturated rings. The molecule has 0 aliphatic carbocycles. The van der Waals surface area contributed by atoms with E-state index in [4.69, 9.17) is 14.2 Å². The number of hydrogen-bond donors (Lipinski definition) is 11. The lowest BCUT2D eigenvalue weighted by atomic mass is 9.64. The number of aliphatic hydroxyl groups excluding tert-OH is 9. The van der Waals surface area contributed by atoms with Crippen LogP contribution in [-0.2, 0) is 14.2 Å². The molecular formula is C17H30O14. The summed E-state index contributed by atoms with van der Waals surface area (Å²) < 4.78 is 15.8. The maximum absolute atomic E-state index is 11.6. The maximum atomic E-state index is 11.6. The molecule has 182 valence electrons. The van der Waals surface area contributed by atoms with Crippen LogP contribution in [0.25, 0.3) is 0 Å². The normalized spacial score (nSPS) is 56.4. The zero-order valence-electron chi connectivity index (χ0n) is 16.3. The molecule has 14 nitrogen and oxygen atoms in total. The molecule has 1 unspecified atom stereocenters. The van der Waals surface area contributed by atoms with Crippen LogP contribution in [0, 0.1) is 0 Å². The molecule has 0 saturated carbocycles. The van der Waals surface area contributed by atoms with Crippen LogP contribution < -0.4 is 0 Å². The van der Waals surface area contributed by atoms with E-state index >= 15 is 0 Å². The molecule has 3 heterocycles. The van der Waals surface area contributed by atoms with E-state index in [1.807, 2.05) is 0 Å². The van der Waals surface area contributed by atoms with Gasteiger partial charge in [-0.05, 0) is 0 Å². The van der Waals surface area contributed by atoms with Gasteiger partial charge in [-0.25, -0.2) is 0 Å². The minimum absolute atomic E-state index is 0.588. The molecule has 3 aliphatic rings. The molecule has 3 rings (SSSR count). The highest BCUT2D eigenvalue weighted by Gasteiger charge is 2.72. The Kier molecular flexibility index (Phi) is 7.28. The second-order valence-corrected chi connectivity index (χ2v) is 8.28. The number of hydrogen-bond acceptors (Lipinski definition) is 14. The lowest BCUT2D eigenvalue weighted by Crippen LogP contribution is -2.84. The Balaban J connectivity index is 2.08. The summed E-state index contributed by atoms with van der Waals surface area (Å²) in [4.78, 5) is 0. The molecular weight excluding hydrogens is 428 g/mol. The van der Waals surface area contributed by atoms with Crippen molar-refractivity contribution in [3.63, 3.8) is 0 Å². The maximum Gasteiger partial charge on any atom is 0.155 e. The summed E-state index contributed by atoms with van der Waals surface area (Å²) in [6.07, 6.45) is -20.6. The van der Waals surface area contributed by atoms with E-state index in [1.165, 1.54) is 0 Å². The molecule has 0 bridgehead atoms. The van der Waals surface area contributed by atoms with E-state index in [0.717, 1.165) is 0 Å². The van der Waals surface area contributed by atoms with Crippen LogP contribution in [0.15, 0.2) is 0 Å². The molecule has 0 radical (unpaired) electrons. The Morgan fingerprint density at radius 2 is 1.26 bits per heavy atom. The van der Waals surface area contributed by atoms with Crippen molar-refractivity contribution >= 4 is 0 Å². The minimum Gasteiger partial charge on any atom is -0.394 e. The van der Waals surface area contributed by atoms with Crippen molar-refractivity contribution in [2.75, 3.05) is 26.4 Å². The Hall–Kier alpha value is -0.560. The SMILES string of the molecule is OC[C@@H]1O[C@H]([C@]2(O)[C@H](O)[C@@H](CO)OC[C@@]2(O)C2OC[C@@H](O)[C@H](O)[C@H]2O)[C@@H](O)[C@H](O)[C@H]1O. The van der Waals surface area contributed by atoms with E-state index in [-0.39, 0.29) is 0 Å². The minimum atomic E-state index is -3.04. The third-order valence-electron chi connectivity index (χ3n) is 6.49. The highest BCUT2D eigenvalue weighted by atomic mass is 16.6. The highest BCUT2D eigenvalue weighted by Crippen LogP contribution is 2.46. The van der Waals surface area contributed by atoms with Gasteiger partial charge in [-0.2, -0.15) is 0 Å². The first-order chi connectivity index (χ1) is 14.4. The Morgan fingerprint density at radius 3 is 1.84 bits per heavy atom. The van der Waals surface area contributed by atoms with Crippen molar-refractivity contribution < 1.29 is 70.4 Å². The molecule has 0 spiro atoms. The summed E-state index contributed by atoms with van der Waals surface area (Å²) in [7, 11) is 0. The molecule has 0 aromatic carbocycles. The molecule has 14 heteroatoms. The first-order valence-electron chi connectivity index (χ1n) is 9.77.